The zero-order valence-electron chi connectivity index (χ0n) is 14.3. The zero-order valence-corrected chi connectivity index (χ0v) is 14.3. The van der Waals surface area contributed by atoms with Gasteiger partial charge in [0.05, 0.1) is 6.04 Å². The van der Waals surface area contributed by atoms with Crippen LogP contribution in [0.2, 0.25) is 0 Å². The number of amides is 1. The van der Waals surface area contributed by atoms with Gasteiger partial charge >= 0.3 is 12.1 Å². The van der Waals surface area contributed by atoms with Gasteiger partial charge in [0.2, 0.25) is 6.08 Å². The Kier molecular flexibility index (Phi) is 6.76. The van der Waals surface area contributed by atoms with Crippen molar-refractivity contribution in [2.24, 2.45) is 15.8 Å². The molecule has 0 spiro atoms. The first-order valence-electron chi connectivity index (χ1n) is 7.77. The lowest BCUT2D eigenvalue weighted by Gasteiger charge is -2.45. The van der Waals surface area contributed by atoms with Crippen molar-refractivity contribution >= 4 is 18.1 Å². The molecule has 0 aromatic carbocycles. The number of alkyl carbamates (subject to hydrolysis) is 1. The van der Waals surface area contributed by atoms with Crippen LogP contribution in [0.4, 0.5) is 4.79 Å². The SMILES string of the molecule is CC(=O)OCCOC(=O)NCC1(C)CC(N=C=O)CC(C)(C)C1. The Balaban J connectivity index is 2.46. The number of nitrogens with one attached hydrogen (secondary N) is 1. The van der Waals surface area contributed by atoms with Crippen molar-refractivity contribution in [3.05, 3.63) is 0 Å². The van der Waals surface area contributed by atoms with Gasteiger partial charge in [0.25, 0.3) is 0 Å². The zero-order chi connectivity index (χ0) is 17.5. The third-order valence-electron chi connectivity index (χ3n) is 3.94. The lowest BCUT2D eigenvalue weighted by Crippen LogP contribution is -2.45. The van der Waals surface area contributed by atoms with Gasteiger partial charge in [0, 0.05) is 13.5 Å². The summed E-state index contributed by atoms with van der Waals surface area (Å²) in [6.07, 6.45) is 3.57. The van der Waals surface area contributed by atoms with Crippen LogP contribution in [-0.2, 0) is 19.1 Å². The number of hydrogen-bond donors (Lipinski definition) is 1. The second-order valence-electron chi connectivity index (χ2n) is 7.26. The fraction of sp³-hybridized carbons (Fsp3) is 0.812. The van der Waals surface area contributed by atoms with Crippen LogP contribution in [0.3, 0.4) is 0 Å². The molecule has 2 unspecified atom stereocenters. The molecule has 0 radical (unpaired) electrons. The van der Waals surface area contributed by atoms with Gasteiger partial charge in [-0.3, -0.25) is 4.79 Å². The highest BCUT2D eigenvalue weighted by molar-refractivity contribution is 5.67. The van der Waals surface area contributed by atoms with Crippen LogP contribution < -0.4 is 5.32 Å². The minimum absolute atomic E-state index is 0.0195. The highest BCUT2D eigenvalue weighted by atomic mass is 16.6. The predicted octanol–water partition coefficient (Wildman–Crippen LogP) is 2.20. The largest absolute Gasteiger partial charge is 0.462 e. The Morgan fingerprint density at radius 3 is 2.48 bits per heavy atom. The summed E-state index contributed by atoms with van der Waals surface area (Å²) >= 11 is 0. The number of hydrogen-bond acceptors (Lipinski definition) is 6. The van der Waals surface area contributed by atoms with Crippen LogP contribution in [0.15, 0.2) is 4.99 Å². The Morgan fingerprint density at radius 1 is 1.22 bits per heavy atom. The number of ether oxygens (including phenoxy) is 2. The smallest absolute Gasteiger partial charge is 0.407 e. The molecule has 7 nitrogen and oxygen atoms in total. The molecule has 1 fully saturated rings. The summed E-state index contributed by atoms with van der Waals surface area (Å²) < 4.78 is 9.62. The van der Waals surface area contributed by atoms with E-state index in [2.05, 4.69) is 35.8 Å². The van der Waals surface area contributed by atoms with Crippen molar-refractivity contribution in [1.82, 2.24) is 5.32 Å². The molecule has 0 aromatic heterocycles. The Labute approximate surface area is 136 Å². The van der Waals surface area contributed by atoms with Crippen molar-refractivity contribution in [3.63, 3.8) is 0 Å². The summed E-state index contributed by atoms with van der Waals surface area (Å²) in [7, 11) is 0. The number of carbonyl (C=O) groups excluding carboxylic acids is 3. The van der Waals surface area contributed by atoms with E-state index in [4.69, 9.17) is 4.74 Å². The van der Waals surface area contributed by atoms with E-state index in [-0.39, 0.29) is 30.1 Å². The summed E-state index contributed by atoms with van der Waals surface area (Å²) in [4.78, 5) is 36.7. The van der Waals surface area contributed by atoms with Gasteiger partial charge in [-0.1, -0.05) is 20.8 Å². The third-order valence-corrected chi connectivity index (χ3v) is 3.94. The average molecular weight is 326 g/mol. The molecule has 0 heterocycles. The molecule has 1 amide bonds. The van der Waals surface area contributed by atoms with E-state index >= 15 is 0 Å². The minimum atomic E-state index is -0.544. The highest BCUT2D eigenvalue weighted by Crippen LogP contribution is 2.46. The first-order valence-corrected chi connectivity index (χ1v) is 7.77. The Bertz CT molecular complexity index is 485. The molecule has 0 saturated heterocycles. The molecule has 23 heavy (non-hydrogen) atoms. The molecular weight excluding hydrogens is 300 g/mol. The topological polar surface area (TPSA) is 94.1 Å². The van der Waals surface area contributed by atoms with Crippen molar-refractivity contribution < 1.29 is 23.9 Å². The van der Waals surface area contributed by atoms with Crippen LogP contribution in [0.1, 0.15) is 47.0 Å². The second kappa shape index (κ2) is 8.11. The maximum atomic E-state index is 11.7. The van der Waals surface area contributed by atoms with E-state index < -0.39 is 12.1 Å². The quantitative estimate of drug-likeness (QED) is 0.349. The van der Waals surface area contributed by atoms with Crippen LogP contribution in [0.25, 0.3) is 0 Å². The lowest BCUT2D eigenvalue weighted by molar-refractivity contribution is -0.141. The summed E-state index contributed by atoms with van der Waals surface area (Å²) in [5.41, 5.74) is -0.124. The monoisotopic (exact) mass is 326 g/mol. The maximum Gasteiger partial charge on any atom is 0.407 e. The van der Waals surface area contributed by atoms with Gasteiger partial charge in [-0.05, 0) is 30.1 Å². The van der Waals surface area contributed by atoms with Crippen LogP contribution in [0.5, 0.6) is 0 Å². The first kappa shape index (κ1) is 19.2. The van der Waals surface area contributed by atoms with E-state index in [0.717, 1.165) is 19.3 Å². The van der Waals surface area contributed by atoms with Crippen LogP contribution in [0, 0.1) is 10.8 Å². The molecular formula is C16H26N2O5. The first-order chi connectivity index (χ1) is 10.7. The Hall–Kier alpha value is -1.88. The third kappa shape index (κ3) is 7.28. The standard InChI is InChI=1S/C16H26N2O5/c1-12(20)22-5-6-23-14(21)17-10-16(4)8-13(18-11-19)7-15(2,3)9-16/h13H,5-10H2,1-4H3,(H,17,21). The molecule has 1 saturated carbocycles. The summed E-state index contributed by atoms with van der Waals surface area (Å²) in [5, 5.41) is 2.74. The number of isocyanates is 1. The van der Waals surface area contributed by atoms with E-state index in [9.17, 15) is 14.4 Å². The number of esters is 1. The van der Waals surface area contributed by atoms with Gasteiger partial charge in [-0.2, -0.15) is 0 Å². The second-order valence-corrected chi connectivity index (χ2v) is 7.26. The van der Waals surface area contributed by atoms with Crippen molar-refractivity contribution in [3.8, 4) is 0 Å². The van der Waals surface area contributed by atoms with Crippen molar-refractivity contribution in [2.75, 3.05) is 19.8 Å². The number of rotatable bonds is 6. The average Bonchev–Trinajstić information content (AvgIpc) is 2.39. The molecule has 0 aliphatic heterocycles. The van der Waals surface area contributed by atoms with Crippen LogP contribution >= 0.6 is 0 Å². The summed E-state index contributed by atoms with van der Waals surface area (Å²) in [5.74, 6) is -0.410. The van der Waals surface area contributed by atoms with Gasteiger partial charge in [-0.25, -0.2) is 14.6 Å². The Morgan fingerprint density at radius 2 is 1.87 bits per heavy atom. The van der Waals surface area contributed by atoms with Gasteiger partial charge in [-0.15, -0.1) is 0 Å². The predicted molar refractivity (Wildman–Crippen MR) is 83.6 cm³/mol. The van der Waals surface area contributed by atoms with Gasteiger partial charge < -0.3 is 14.8 Å². The molecule has 1 rings (SSSR count). The molecule has 0 aromatic rings. The fourth-order valence-corrected chi connectivity index (χ4v) is 3.54. The summed E-state index contributed by atoms with van der Waals surface area (Å²) in [6.45, 7) is 8.14. The van der Waals surface area contributed by atoms with Crippen LogP contribution in [-0.4, -0.2) is 43.9 Å². The van der Waals surface area contributed by atoms with E-state index in [1.165, 1.54) is 6.92 Å². The van der Waals surface area contributed by atoms with E-state index in [1.807, 2.05) is 0 Å². The molecule has 1 aliphatic rings. The molecule has 7 heteroatoms. The number of carbonyl (C=O) groups is 2. The molecule has 1 aliphatic carbocycles. The van der Waals surface area contributed by atoms with Gasteiger partial charge in [0.15, 0.2) is 0 Å². The highest BCUT2D eigenvalue weighted by Gasteiger charge is 2.41. The number of aliphatic imine (C=N–C) groups is 1. The van der Waals surface area contributed by atoms with E-state index in [1.54, 1.807) is 6.08 Å². The molecule has 1 N–H and O–H groups in total. The normalized spacial score (nSPS) is 25.8. The number of nitrogens with zero attached hydrogens (tertiary/aromatic N) is 1. The fourth-order valence-electron chi connectivity index (χ4n) is 3.54. The molecule has 130 valence electrons. The maximum absolute atomic E-state index is 11.7. The van der Waals surface area contributed by atoms with E-state index in [0.29, 0.717) is 6.54 Å². The van der Waals surface area contributed by atoms with Gasteiger partial charge in [0.1, 0.15) is 13.2 Å². The minimum Gasteiger partial charge on any atom is -0.462 e. The molecule has 0 bridgehead atoms. The summed E-state index contributed by atoms with van der Waals surface area (Å²) in [6, 6.07) is -0.0666. The van der Waals surface area contributed by atoms with Crippen molar-refractivity contribution in [2.45, 2.75) is 53.0 Å². The lowest BCUT2D eigenvalue weighted by atomic mass is 9.63. The molecule has 2 atom stereocenters. The van der Waals surface area contributed by atoms with Crippen molar-refractivity contribution in [1.29, 1.82) is 0 Å².